The van der Waals surface area contributed by atoms with E-state index < -0.39 is 10.0 Å². The SMILES string of the molecule is CN(C)S(=O)(=O)c1ccc(NC(=O)CNc2ccc(Cl)cc2)cc1. The number of carbonyl (C=O) groups is 1. The van der Waals surface area contributed by atoms with Crippen LogP contribution in [-0.4, -0.2) is 39.3 Å². The molecule has 2 aromatic carbocycles. The monoisotopic (exact) mass is 367 g/mol. The molecule has 0 aliphatic carbocycles. The summed E-state index contributed by atoms with van der Waals surface area (Å²) in [6.45, 7) is 0.0827. The van der Waals surface area contributed by atoms with Crippen LogP contribution in [0.15, 0.2) is 53.4 Å². The zero-order valence-electron chi connectivity index (χ0n) is 13.3. The highest BCUT2D eigenvalue weighted by atomic mass is 35.5. The second-order valence-corrected chi connectivity index (χ2v) is 7.81. The molecule has 0 fully saturated rings. The van der Waals surface area contributed by atoms with E-state index >= 15 is 0 Å². The van der Waals surface area contributed by atoms with Gasteiger partial charge in [0, 0.05) is 30.5 Å². The van der Waals surface area contributed by atoms with E-state index in [1.54, 1.807) is 36.4 Å². The van der Waals surface area contributed by atoms with Crippen molar-refractivity contribution in [3.8, 4) is 0 Å². The van der Waals surface area contributed by atoms with Crippen molar-refractivity contribution in [1.29, 1.82) is 0 Å². The third kappa shape index (κ3) is 4.70. The Hall–Kier alpha value is -2.09. The van der Waals surface area contributed by atoms with Crippen molar-refractivity contribution in [2.75, 3.05) is 31.3 Å². The number of sulfonamides is 1. The summed E-state index contributed by atoms with van der Waals surface area (Å²) in [5.74, 6) is -0.242. The molecule has 0 saturated carbocycles. The van der Waals surface area contributed by atoms with Gasteiger partial charge in [0.2, 0.25) is 15.9 Å². The highest BCUT2D eigenvalue weighted by molar-refractivity contribution is 7.89. The number of nitrogens with zero attached hydrogens (tertiary/aromatic N) is 1. The second kappa shape index (κ2) is 7.65. The third-order valence-electron chi connectivity index (χ3n) is 3.21. The van der Waals surface area contributed by atoms with Crippen molar-refractivity contribution in [2.24, 2.45) is 0 Å². The highest BCUT2D eigenvalue weighted by Crippen LogP contribution is 2.17. The van der Waals surface area contributed by atoms with E-state index in [2.05, 4.69) is 10.6 Å². The first-order valence-electron chi connectivity index (χ1n) is 7.11. The lowest BCUT2D eigenvalue weighted by atomic mass is 10.3. The average molecular weight is 368 g/mol. The summed E-state index contributed by atoms with van der Waals surface area (Å²) in [5, 5.41) is 6.29. The maximum absolute atomic E-state index is 12.0. The van der Waals surface area contributed by atoms with E-state index in [-0.39, 0.29) is 17.3 Å². The minimum Gasteiger partial charge on any atom is -0.376 e. The quantitative estimate of drug-likeness (QED) is 0.822. The molecule has 0 radical (unpaired) electrons. The number of amides is 1. The standard InChI is InChI=1S/C16H18ClN3O3S/c1-20(2)24(22,23)15-9-7-14(8-10-15)19-16(21)11-18-13-5-3-12(17)4-6-13/h3-10,18H,11H2,1-2H3,(H,19,21). The van der Waals surface area contributed by atoms with Crippen molar-refractivity contribution >= 4 is 38.9 Å². The summed E-state index contributed by atoms with van der Waals surface area (Å²) in [6, 6.07) is 13.0. The Bertz CT molecular complexity index is 803. The van der Waals surface area contributed by atoms with Gasteiger partial charge in [-0.1, -0.05) is 11.6 Å². The van der Waals surface area contributed by atoms with E-state index in [0.29, 0.717) is 10.7 Å². The predicted molar refractivity (Wildman–Crippen MR) is 95.9 cm³/mol. The molecule has 2 aromatic rings. The van der Waals surface area contributed by atoms with Crippen molar-refractivity contribution in [3.63, 3.8) is 0 Å². The van der Waals surface area contributed by atoms with Gasteiger partial charge in [-0.15, -0.1) is 0 Å². The summed E-state index contributed by atoms with van der Waals surface area (Å²) in [5.41, 5.74) is 1.30. The zero-order chi connectivity index (χ0) is 17.7. The van der Waals surface area contributed by atoms with Crippen LogP contribution >= 0.6 is 11.6 Å². The van der Waals surface area contributed by atoms with E-state index in [4.69, 9.17) is 11.6 Å². The maximum atomic E-state index is 12.0. The molecule has 2 N–H and O–H groups in total. The van der Waals surface area contributed by atoms with E-state index in [0.717, 1.165) is 9.99 Å². The van der Waals surface area contributed by atoms with E-state index in [9.17, 15) is 13.2 Å². The zero-order valence-corrected chi connectivity index (χ0v) is 14.9. The number of carbonyl (C=O) groups excluding carboxylic acids is 1. The van der Waals surface area contributed by atoms with E-state index in [1.165, 1.54) is 26.2 Å². The molecule has 0 saturated heterocycles. The molecule has 8 heteroatoms. The molecule has 24 heavy (non-hydrogen) atoms. The number of benzene rings is 2. The van der Waals surface area contributed by atoms with Gasteiger partial charge in [0.05, 0.1) is 11.4 Å². The van der Waals surface area contributed by atoms with Crippen molar-refractivity contribution in [3.05, 3.63) is 53.6 Å². The Morgan fingerprint density at radius 1 is 1.00 bits per heavy atom. The Morgan fingerprint density at radius 2 is 1.54 bits per heavy atom. The normalized spacial score (nSPS) is 11.3. The van der Waals surface area contributed by atoms with Crippen LogP contribution in [0.2, 0.25) is 5.02 Å². The Labute approximate surface area is 146 Å². The highest BCUT2D eigenvalue weighted by Gasteiger charge is 2.16. The van der Waals surface area contributed by atoms with Crippen LogP contribution in [0.25, 0.3) is 0 Å². The molecular formula is C16H18ClN3O3S. The van der Waals surface area contributed by atoms with Crippen LogP contribution in [0.3, 0.4) is 0 Å². The van der Waals surface area contributed by atoms with Gasteiger partial charge in [-0.3, -0.25) is 4.79 Å². The first-order valence-corrected chi connectivity index (χ1v) is 8.93. The summed E-state index contributed by atoms with van der Waals surface area (Å²) >= 11 is 5.79. The van der Waals surface area contributed by atoms with Crippen molar-refractivity contribution in [1.82, 2.24) is 4.31 Å². The number of hydrogen-bond donors (Lipinski definition) is 2. The molecule has 6 nitrogen and oxygen atoms in total. The lowest BCUT2D eigenvalue weighted by Gasteiger charge is -2.12. The molecule has 1 amide bonds. The Balaban J connectivity index is 1.93. The first kappa shape index (κ1) is 18.3. The van der Waals surface area contributed by atoms with Crippen molar-refractivity contribution < 1.29 is 13.2 Å². The molecule has 0 aliphatic rings. The predicted octanol–water partition coefficient (Wildman–Crippen LogP) is 2.64. The lowest BCUT2D eigenvalue weighted by Crippen LogP contribution is -2.23. The van der Waals surface area contributed by atoms with Crippen LogP contribution < -0.4 is 10.6 Å². The third-order valence-corrected chi connectivity index (χ3v) is 5.30. The molecule has 0 atom stereocenters. The lowest BCUT2D eigenvalue weighted by molar-refractivity contribution is -0.114. The number of rotatable bonds is 6. The first-order chi connectivity index (χ1) is 11.3. The van der Waals surface area contributed by atoms with Crippen LogP contribution in [-0.2, 0) is 14.8 Å². The number of halogens is 1. The topological polar surface area (TPSA) is 78.5 Å². The number of nitrogens with one attached hydrogen (secondary N) is 2. The molecule has 0 bridgehead atoms. The van der Waals surface area contributed by atoms with Gasteiger partial charge in [0.15, 0.2) is 0 Å². The fraction of sp³-hybridized carbons (Fsp3) is 0.188. The molecule has 0 spiro atoms. The van der Waals surface area contributed by atoms with Gasteiger partial charge in [0.25, 0.3) is 0 Å². The molecule has 128 valence electrons. The molecule has 0 aliphatic heterocycles. The van der Waals surface area contributed by atoms with Gasteiger partial charge < -0.3 is 10.6 Å². The largest absolute Gasteiger partial charge is 0.376 e. The number of hydrogen-bond acceptors (Lipinski definition) is 4. The summed E-state index contributed by atoms with van der Waals surface area (Å²) in [4.78, 5) is 12.1. The van der Waals surface area contributed by atoms with Crippen LogP contribution in [0.1, 0.15) is 0 Å². The molecule has 0 heterocycles. The van der Waals surface area contributed by atoms with Gasteiger partial charge in [-0.05, 0) is 48.5 Å². The number of anilines is 2. The fourth-order valence-corrected chi connectivity index (χ4v) is 2.90. The van der Waals surface area contributed by atoms with Crippen LogP contribution in [0, 0.1) is 0 Å². The summed E-state index contributed by atoms with van der Waals surface area (Å²) in [7, 11) is -0.543. The minimum absolute atomic E-state index is 0.0827. The van der Waals surface area contributed by atoms with Gasteiger partial charge in [-0.2, -0.15) is 0 Å². The molecular weight excluding hydrogens is 350 g/mol. The smallest absolute Gasteiger partial charge is 0.243 e. The molecule has 2 rings (SSSR count). The second-order valence-electron chi connectivity index (χ2n) is 5.22. The average Bonchev–Trinajstić information content (AvgIpc) is 2.54. The summed E-state index contributed by atoms with van der Waals surface area (Å²) < 4.78 is 25.1. The van der Waals surface area contributed by atoms with Crippen molar-refractivity contribution in [2.45, 2.75) is 4.90 Å². The molecule has 0 unspecified atom stereocenters. The van der Waals surface area contributed by atoms with Crippen LogP contribution in [0.4, 0.5) is 11.4 Å². The van der Waals surface area contributed by atoms with E-state index in [1.807, 2.05) is 0 Å². The molecule has 0 aromatic heterocycles. The summed E-state index contributed by atoms with van der Waals surface area (Å²) in [6.07, 6.45) is 0. The minimum atomic E-state index is -3.47. The van der Waals surface area contributed by atoms with Gasteiger partial charge in [0.1, 0.15) is 0 Å². The Morgan fingerprint density at radius 3 is 2.08 bits per heavy atom. The van der Waals surface area contributed by atoms with Gasteiger partial charge >= 0.3 is 0 Å². The van der Waals surface area contributed by atoms with Crippen LogP contribution in [0.5, 0.6) is 0 Å². The maximum Gasteiger partial charge on any atom is 0.243 e. The Kier molecular flexibility index (Phi) is 5.82. The fourth-order valence-electron chi connectivity index (χ4n) is 1.88. The van der Waals surface area contributed by atoms with Gasteiger partial charge in [-0.25, -0.2) is 12.7 Å².